The van der Waals surface area contributed by atoms with Gasteiger partial charge in [0.05, 0.1) is 0 Å². The van der Waals surface area contributed by atoms with Gasteiger partial charge in [-0.2, -0.15) is 0 Å². The van der Waals surface area contributed by atoms with Crippen molar-refractivity contribution in [2.24, 2.45) is 10.8 Å². The van der Waals surface area contributed by atoms with E-state index in [1.807, 2.05) is 0 Å². The van der Waals surface area contributed by atoms with E-state index in [0.717, 1.165) is 19.3 Å². The van der Waals surface area contributed by atoms with Gasteiger partial charge in [0.1, 0.15) is 5.78 Å². The molecule has 0 aromatic heterocycles. The minimum atomic E-state index is 0.197. The highest BCUT2D eigenvalue weighted by Crippen LogP contribution is 2.48. The number of ketones is 1. The summed E-state index contributed by atoms with van der Waals surface area (Å²) in [5, 5.41) is 0. The van der Waals surface area contributed by atoms with Gasteiger partial charge in [0.25, 0.3) is 0 Å². The van der Waals surface area contributed by atoms with Crippen molar-refractivity contribution in [2.75, 3.05) is 0 Å². The molecule has 1 rings (SSSR count). The second kappa shape index (κ2) is 2.33. The van der Waals surface area contributed by atoms with E-state index >= 15 is 0 Å². The van der Waals surface area contributed by atoms with Crippen LogP contribution in [0.25, 0.3) is 0 Å². The summed E-state index contributed by atoms with van der Waals surface area (Å²) in [5.74, 6) is 0.439. The molecule has 0 spiro atoms. The molecule has 0 unspecified atom stereocenters. The van der Waals surface area contributed by atoms with Crippen LogP contribution in [0.5, 0.6) is 0 Å². The van der Waals surface area contributed by atoms with Gasteiger partial charge in [0.2, 0.25) is 0 Å². The normalized spacial score (nSPS) is 28.5. The Labute approximate surface area is 69.2 Å². The van der Waals surface area contributed by atoms with Crippen molar-refractivity contribution in [3.63, 3.8) is 0 Å². The van der Waals surface area contributed by atoms with Crippen molar-refractivity contribution in [2.45, 2.75) is 47.0 Å². The minimum Gasteiger partial charge on any atom is -0.300 e. The van der Waals surface area contributed by atoms with Gasteiger partial charge in [0, 0.05) is 12.8 Å². The van der Waals surface area contributed by atoms with E-state index in [4.69, 9.17) is 0 Å². The Morgan fingerprint density at radius 2 is 1.64 bits per heavy atom. The van der Waals surface area contributed by atoms with Crippen molar-refractivity contribution in [1.29, 1.82) is 0 Å². The molecule has 0 atom stereocenters. The molecule has 0 N–H and O–H groups in total. The van der Waals surface area contributed by atoms with Crippen molar-refractivity contribution in [1.82, 2.24) is 0 Å². The number of hydrogen-bond donors (Lipinski definition) is 0. The fraction of sp³-hybridized carbons (Fsp3) is 0.900. The van der Waals surface area contributed by atoms with Gasteiger partial charge in [-0.1, -0.05) is 27.7 Å². The van der Waals surface area contributed by atoms with E-state index in [9.17, 15) is 4.79 Å². The molecule has 0 aliphatic heterocycles. The number of Topliss-reactive ketones (excluding diaryl/α,β-unsaturated/α-hetero) is 1. The SMILES string of the molecule is CC1(C)CCC(=O)CC1(C)C. The summed E-state index contributed by atoms with van der Waals surface area (Å²) in [4.78, 5) is 11.2. The molecule has 0 saturated heterocycles. The minimum absolute atomic E-state index is 0.197. The van der Waals surface area contributed by atoms with E-state index in [-0.39, 0.29) is 5.41 Å². The summed E-state index contributed by atoms with van der Waals surface area (Å²) < 4.78 is 0. The van der Waals surface area contributed by atoms with Crippen LogP contribution in [0.3, 0.4) is 0 Å². The first-order valence-electron chi connectivity index (χ1n) is 4.37. The zero-order valence-electron chi connectivity index (χ0n) is 8.03. The maximum atomic E-state index is 11.2. The molecule has 1 fully saturated rings. The first-order chi connectivity index (χ1) is 4.85. The first-order valence-corrected chi connectivity index (χ1v) is 4.37. The summed E-state index contributed by atoms with van der Waals surface area (Å²) in [6.45, 7) is 8.92. The van der Waals surface area contributed by atoms with Crippen molar-refractivity contribution in [3.05, 3.63) is 0 Å². The molecule has 1 heteroatoms. The van der Waals surface area contributed by atoms with Crippen molar-refractivity contribution < 1.29 is 4.79 Å². The summed E-state index contributed by atoms with van der Waals surface area (Å²) in [6, 6.07) is 0. The summed E-state index contributed by atoms with van der Waals surface area (Å²) in [7, 11) is 0. The van der Waals surface area contributed by atoms with Crippen LogP contribution in [0.15, 0.2) is 0 Å². The molecular weight excluding hydrogens is 136 g/mol. The number of carbonyl (C=O) groups excluding carboxylic acids is 1. The predicted octanol–water partition coefficient (Wildman–Crippen LogP) is 2.79. The van der Waals surface area contributed by atoms with Gasteiger partial charge in [-0.25, -0.2) is 0 Å². The molecular formula is C10H18O. The van der Waals surface area contributed by atoms with E-state index in [1.54, 1.807) is 0 Å². The topological polar surface area (TPSA) is 17.1 Å². The highest BCUT2D eigenvalue weighted by atomic mass is 16.1. The van der Waals surface area contributed by atoms with Crippen molar-refractivity contribution in [3.8, 4) is 0 Å². The van der Waals surface area contributed by atoms with Gasteiger partial charge < -0.3 is 0 Å². The summed E-state index contributed by atoms with van der Waals surface area (Å²) in [6.07, 6.45) is 2.61. The van der Waals surface area contributed by atoms with E-state index < -0.39 is 0 Å². The fourth-order valence-electron chi connectivity index (χ4n) is 1.61. The van der Waals surface area contributed by atoms with Gasteiger partial charge in [-0.05, 0) is 17.3 Å². The second-order valence-corrected chi connectivity index (χ2v) is 4.98. The molecule has 64 valence electrons. The fourth-order valence-corrected chi connectivity index (χ4v) is 1.61. The van der Waals surface area contributed by atoms with Gasteiger partial charge in [-0.15, -0.1) is 0 Å². The van der Waals surface area contributed by atoms with E-state index in [2.05, 4.69) is 27.7 Å². The molecule has 11 heavy (non-hydrogen) atoms. The zero-order chi connectivity index (χ0) is 8.70. The molecule has 1 saturated carbocycles. The van der Waals surface area contributed by atoms with Crippen LogP contribution >= 0.6 is 0 Å². The molecule has 1 aliphatic rings. The number of rotatable bonds is 0. The number of carbonyl (C=O) groups is 1. The standard InChI is InChI=1S/C10H18O/c1-9(2)6-5-8(11)7-10(9,3)4/h5-7H2,1-4H3. The van der Waals surface area contributed by atoms with Gasteiger partial charge >= 0.3 is 0 Å². The Morgan fingerprint density at radius 1 is 1.09 bits per heavy atom. The Morgan fingerprint density at radius 3 is 2.00 bits per heavy atom. The highest BCUT2D eigenvalue weighted by molar-refractivity contribution is 5.80. The van der Waals surface area contributed by atoms with Crippen LogP contribution < -0.4 is 0 Å². The molecule has 0 bridgehead atoms. The average molecular weight is 154 g/mol. The third-order valence-electron chi connectivity index (χ3n) is 3.50. The lowest BCUT2D eigenvalue weighted by Gasteiger charge is -2.45. The van der Waals surface area contributed by atoms with Crippen LogP contribution in [0.1, 0.15) is 47.0 Å². The van der Waals surface area contributed by atoms with E-state index in [1.165, 1.54) is 0 Å². The molecule has 1 nitrogen and oxygen atoms in total. The summed E-state index contributed by atoms with van der Waals surface area (Å²) >= 11 is 0. The maximum absolute atomic E-state index is 11.2. The lowest BCUT2D eigenvalue weighted by atomic mass is 9.59. The van der Waals surface area contributed by atoms with Crippen LogP contribution in [-0.2, 0) is 4.79 Å². The molecule has 1 aliphatic carbocycles. The Bertz CT molecular complexity index is 177. The van der Waals surface area contributed by atoms with Crippen LogP contribution in [-0.4, -0.2) is 5.78 Å². The molecule has 0 aromatic carbocycles. The third kappa shape index (κ3) is 1.47. The smallest absolute Gasteiger partial charge is 0.133 e. The zero-order valence-corrected chi connectivity index (χ0v) is 8.03. The van der Waals surface area contributed by atoms with Crippen LogP contribution in [0, 0.1) is 10.8 Å². The second-order valence-electron chi connectivity index (χ2n) is 4.98. The van der Waals surface area contributed by atoms with Crippen LogP contribution in [0.2, 0.25) is 0 Å². The van der Waals surface area contributed by atoms with E-state index in [0.29, 0.717) is 11.2 Å². The number of hydrogen-bond acceptors (Lipinski definition) is 1. The van der Waals surface area contributed by atoms with Gasteiger partial charge in [0.15, 0.2) is 0 Å². The lowest BCUT2D eigenvalue weighted by molar-refractivity contribution is -0.127. The lowest BCUT2D eigenvalue weighted by Crippen LogP contribution is -2.39. The van der Waals surface area contributed by atoms with Crippen LogP contribution in [0.4, 0.5) is 0 Å². The quantitative estimate of drug-likeness (QED) is 0.524. The predicted molar refractivity (Wildman–Crippen MR) is 46.4 cm³/mol. The largest absolute Gasteiger partial charge is 0.300 e. The molecule has 0 aromatic rings. The maximum Gasteiger partial charge on any atom is 0.133 e. The first kappa shape index (κ1) is 8.76. The van der Waals surface area contributed by atoms with Crippen molar-refractivity contribution >= 4 is 5.78 Å². The molecule has 0 amide bonds. The van der Waals surface area contributed by atoms with Gasteiger partial charge in [-0.3, -0.25) is 4.79 Å². The third-order valence-corrected chi connectivity index (χ3v) is 3.50. The Kier molecular flexibility index (Phi) is 1.85. The Hall–Kier alpha value is -0.330. The monoisotopic (exact) mass is 154 g/mol. The highest BCUT2D eigenvalue weighted by Gasteiger charge is 2.41. The average Bonchev–Trinajstić information content (AvgIpc) is 1.80. The Balaban J connectivity index is 2.80. The molecule has 0 radical (unpaired) electrons. The molecule has 0 heterocycles. The summed E-state index contributed by atoms with van der Waals surface area (Å²) in [5.41, 5.74) is 0.531.